The van der Waals surface area contributed by atoms with Gasteiger partial charge in [0.2, 0.25) is 5.69 Å². The standard InChI is InChI=1S/C39H37ClN2O4/c1-38(2)31-24-26(40)18-19-32(31)41(22-23-46-25-43)33(38)16-6-5-7-17-34-39(3,4)36-29-14-10-8-12-27(29)28-13-9-11-15-30(28)37(36)42(34)21-20-35(44)45/h5-19,24-25H,20-23H2,1-4H3/p+1. The lowest BCUT2D eigenvalue weighted by molar-refractivity contribution is -0.435. The van der Waals surface area contributed by atoms with Gasteiger partial charge in [-0.25, -0.2) is 0 Å². The summed E-state index contributed by atoms with van der Waals surface area (Å²) in [5.74, 6) is -0.823. The lowest BCUT2D eigenvalue weighted by Crippen LogP contribution is -2.29. The average molecular weight is 634 g/mol. The number of allylic oxidation sites excluding steroid dienone is 6. The molecule has 1 N–H and O–H groups in total. The third-order valence-corrected chi connectivity index (χ3v) is 9.60. The number of carbonyl (C=O) groups excluding carboxylic acids is 1. The van der Waals surface area contributed by atoms with E-state index in [9.17, 15) is 14.7 Å². The Morgan fingerprint density at radius 2 is 1.59 bits per heavy atom. The van der Waals surface area contributed by atoms with Gasteiger partial charge in [-0.15, -0.1) is 0 Å². The van der Waals surface area contributed by atoms with E-state index in [2.05, 4.69) is 97.9 Å². The molecule has 0 fully saturated rings. The van der Waals surface area contributed by atoms with Crippen LogP contribution in [0.2, 0.25) is 5.02 Å². The SMILES string of the molecule is CC1(C)C(=CC=CC=CC2=[N+](CCC(=O)O)c3c(c4ccccc4c4ccccc34)C2(C)C)N(CCOC=O)c2ccc(Cl)cc21. The van der Waals surface area contributed by atoms with Crippen molar-refractivity contribution < 1.29 is 24.0 Å². The molecule has 7 heteroatoms. The number of fused-ring (bicyclic) bond motifs is 7. The van der Waals surface area contributed by atoms with E-state index in [-0.39, 0.29) is 23.9 Å². The van der Waals surface area contributed by atoms with E-state index in [0.29, 0.717) is 24.6 Å². The van der Waals surface area contributed by atoms with Gasteiger partial charge in [0.05, 0.1) is 17.3 Å². The van der Waals surface area contributed by atoms with E-state index in [1.165, 1.54) is 16.3 Å². The van der Waals surface area contributed by atoms with Crippen molar-refractivity contribution in [2.24, 2.45) is 0 Å². The number of carboxylic acids is 1. The highest BCUT2D eigenvalue weighted by atomic mass is 35.5. The monoisotopic (exact) mass is 633 g/mol. The summed E-state index contributed by atoms with van der Waals surface area (Å²) in [6, 6.07) is 22.8. The van der Waals surface area contributed by atoms with E-state index in [4.69, 9.17) is 16.3 Å². The molecule has 4 aromatic rings. The maximum absolute atomic E-state index is 11.8. The van der Waals surface area contributed by atoms with Crippen LogP contribution < -0.4 is 4.90 Å². The van der Waals surface area contributed by atoms with Crippen LogP contribution in [0, 0.1) is 0 Å². The Kier molecular flexibility index (Phi) is 8.34. The second kappa shape index (κ2) is 12.3. The van der Waals surface area contributed by atoms with E-state index in [0.717, 1.165) is 39.1 Å². The number of hydrogen-bond acceptors (Lipinski definition) is 4. The molecule has 2 aliphatic heterocycles. The maximum Gasteiger partial charge on any atom is 0.309 e. The first-order chi connectivity index (χ1) is 22.1. The third-order valence-electron chi connectivity index (χ3n) is 9.37. The first kappa shape index (κ1) is 31.3. The number of halogens is 1. The van der Waals surface area contributed by atoms with Gasteiger partial charge < -0.3 is 14.7 Å². The highest BCUT2D eigenvalue weighted by Gasteiger charge is 2.47. The Hall–Kier alpha value is -4.68. The number of rotatable bonds is 10. The van der Waals surface area contributed by atoms with Gasteiger partial charge in [-0.2, -0.15) is 4.58 Å². The van der Waals surface area contributed by atoms with Crippen molar-refractivity contribution in [1.29, 1.82) is 0 Å². The second-order valence-electron chi connectivity index (χ2n) is 12.8. The minimum Gasteiger partial charge on any atom is -0.481 e. The number of hydrogen-bond donors (Lipinski definition) is 1. The Bertz CT molecular complexity index is 2000. The fourth-order valence-electron chi connectivity index (χ4n) is 7.30. The summed E-state index contributed by atoms with van der Waals surface area (Å²) < 4.78 is 7.25. The molecule has 0 saturated heterocycles. The summed E-state index contributed by atoms with van der Waals surface area (Å²) in [5.41, 5.74) is 5.92. The summed E-state index contributed by atoms with van der Waals surface area (Å²) in [6.07, 6.45) is 10.3. The van der Waals surface area contributed by atoms with Crippen LogP contribution in [0.5, 0.6) is 0 Å². The van der Waals surface area contributed by atoms with Gasteiger partial charge in [0.25, 0.3) is 6.47 Å². The summed E-state index contributed by atoms with van der Waals surface area (Å²) >= 11 is 6.38. The van der Waals surface area contributed by atoms with E-state index in [1.807, 2.05) is 36.4 Å². The number of ether oxygens (including phenoxy) is 1. The van der Waals surface area contributed by atoms with E-state index < -0.39 is 5.97 Å². The number of carboxylic acid groups (broad SMARTS) is 1. The zero-order valence-electron chi connectivity index (χ0n) is 26.6. The van der Waals surface area contributed by atoms with Crippen molar-refractivity contribution in [3.63, 3.8) is 0 Å². The number of nitrogens with zero attached hydrogens (tertiary/aromatic N) is 2. The minimum atomic E-state index is -0.823. The first-order valence-corrected chi connectivity index (χ1v) is 15.9. The fourth-order valence-corrected chi connectivity index (χ4v) is 7.47. The number of carbonyl (C=O) groups is 2. The van der Waals surface area contributed by atoms with Crippen LogP contribution in [0.1, 0.15) is 45.2 Å². The summed E-state index contributed by atoms with van der Waals surface area (Å²) in [4.78, 5) is 24.8. The van der Waals surface area contributed by atoms with Crippen LogP contribution in [-0.4, -0.2) is 47.5 Å². The molecular formula is C39H38ClN2O4+. The first-order valence-electron chi connectivity index (χ1n) is 15.6. The van der Waals surface area contributed by atoms with Gasteiger partial charge >= 0.3 is 5.97 Å². The lowest BCUT2D eigenvalue weighted by atomic mass is 9.78. The van der Waals surface area contributed by atoms with Gasteiger partial charge in [-0.1, -0.05) is 86.1 Å². The highest BCUT2D eigenvalue weighted by molar-refractivity contribution is 6.30. The predicted molar refractivity (Wildman–Crippen MR) is 187 cm³/mol. The fraction of sp³-hybridized carbons (Fsp3) is 0.256. The number of anilines is 1. The van der Waals surface area contributed by atoms with Crippen molar-refractivity contribution in [1.82, 2.24) is 0 Å². The summed E-state index contributed by atoms with van der Waals surface area (Å²) in [6.45, 7) is 10.4. The molecule has 234 valence electrons. The largest absolute Gasteiger partial charge is 0.481 e. The van der Waals surface area contributed by atoms with Gasteiger partial charge in [0.15, 0.2) is 12.3 Å². The van der Waals surface area contributed by atoms with Crippen LogP contribution >= 0.6 is 11.6 Å². The lowest BCUT2D eigenvalue weighted by Gasteiger charge is -2.26. The van der Waals surface area contributed by atoms with Gasteiger partial charge in [0, 0.05) is 33.5 Å². The second-order valence-corrected chi connectivity index (χ2v) is 13.3. The van der Waals surface area contributed by atoms with Crippen LogP contribution in [-0.2, 0) is 25.2 Å². The van der Waals surface area contributed by atoms with Crippen LogP contribution in [0.3, 0.4) is 0 Å². The molecular weight excluding hydrogens is 596 g/mol. The molecule has 0 bridgehead atoms. The molecule has 0 unspecified atom stereocenters. The molecule has 46 heavy (non-hydrogen) atoms. The minimum absolute atomic E-state index is 0.0270. The number of aliphatic carboxylic acids is 1. The van der Waals surface area contributed by atoms with Gasteiger partial charge in [0.1, 0.15) is 13.0 Å². The Morgan fingerprint density at radius 1 is 0.913 bits per heavy atom. The molecule has 0 radical (unpaired) electrons. The highest BCUT2D eigenvalue weighted by Crippen LogP contribution is 2.50. The molecule has 6 rings (SSSR count). The zero-order chi connectivity index (χ0) is 32.6. The summed E-state index contributed by atoms with van der Waals surface area (Å²) in [5, 5.41) is 15.0. The molecule has 0 spiro atoms. The van der Waals surface area contributed by atoms with Crippen molar-refractivity contribution in [2.75, 3.05) is 24.6 Å². The van der Waals surface area contributed by atoms with E-state index >= 15 is 0 Å². The molecule has 0 amide bonds. The molecule has 0 atom stereocenters. The zero-order valence-corrected chi connectivity index (χ0v) is 27.3. The number of benzene rings is 4. The normalized spacial score (nSPS) is 17.5. The summed E-state index contributed by atoms with van der Waals surface area (Å²) in [7, 11) is 0. The predicted octanol–water partition coefficient (Wildman–Crippen LogP) is 8.46. The smallest absolute Gasteiger partial charge is 0.309 e. The molecule has 6 nitrogen and oxygen atoms in total. The maximum atomic E-state index is 11.8. The average Bonchev–Trinajstić information content (AvgIpc) is 3.38. The molecule has 2 aliphatic rings. The van der Waals surface area contributed by atoms with E-state index in [1.54, 1.807) is 0 Å². The van der Waals surface area contributed by atoms with Crippen molar-refractivity contribution >= 4 is 62.7 Å². The molecule has 2 heterocycles. The molecule has 4 aromatic carbocycles. The Morgan fingerprint density at radius 3 is 2.28 bits per heavy atom. The van der Waals surface area contributed by atoms with Crippen molar-refractivity contribution in [2.45, 2.75) is 44.9 Å². The molecule has 0 aromatic heterocycles. The molecule has 0 aliphatic carbocycles. The van der Waals surface area contributed by atoms with Crippen molar-refractivity contribution in [3.05, 3.63) is 119 Å². The van der Waals surface area contributed by atoms with Crippen LogP contribution in [0.15, 0.2) is 103 Å². The molecule has 0 saturated carbocycles. The van der Waals surface area contributed by atoms with Gasteiger partial charge in [-0.3, -0.25) is 9.59 Å². The van der Waals surface area contributed by atoms with Crippen molar-refractivity contribution in [3.8, 4) is 0 Å². The van der Waals surface area contributed by atoms with Gasteiger partial charge in [-0.05, 0) is 65.9 Å². The third kappa shape index (κ3) is 5.31. The topological polar surface area (TPSA) is 69.8 Å². The Balaban J connectivity index is 1.41. The Labute approximate surface area is 274 Å². The quantitative estimate of drug-likeness (QED) is 0.0624. The van der Waals surface area contributed by atoms with Crippen LogP contribution in [0.4, 0.5) is 11.4 Å². The van der Waals surface area contributed by atoms with Crippen LogP contribution in [0.25, 0.3) is 21.5 Å².